The highest BCUT2D eigenvalue weighted by Crippen LogP contribution is 2.17. The Morgan fingerprint density at radius 2 is 1.67 bits per heavy atom. The average Bonchev–Trinajstić information content (AvgIpc) is 2.89. The molecule has 0 aliphatic heterocycles. The Balaban J connectivity index is 1.87. The van der Waals surface area contributed by atoms with E-state index in [0.717, 1.165) is 21.4 Å². The van der Waals surface area contributed by atoms with Gasteiger partial charge in [0.05, 0.1) is 11.9 Å². The van der Waals surface area contributed by atoms with Gasteiger partial charge in [0.25, 0.3) is 0 Å². The predicted molar refractivity (Wildman–Crippen MR) is 91.4 cm³/mol. The summed E-state index contributed by atoms with van der Waals surface area (Å²) in [7, 11) is 0. The van der Waals surface area contributed by atoms with Crippen LogP contribution in [0.25, 0.3) is 17.8 Å². The van der Waals surface area contributed by atoms with Crippen LogP contribution in [-0.2, 0) is 0 Å². The fourth-order valence-corrected chi connectivity index (χ4v) is 2.44. The SMILES string of the molecule is Cc1c(/C=C/c2ccc(Br)cc2)cnn1-c1ccccc1. The van der Waals surface area contributed by atoms with Crippen molar-refractivity contribution in [3.63, 3.8) is 0 Å². The zero-order valence-corrected chi connectivity index (χ0v) is 13.3. The molecule has 0 unspecified atom stereocenters. The van der Waals surface area contributed by atoms with Crippen LogP contribution in [-0.4, -0.2) is 9.78 Å². The molecule has 2 nitrogen and oxygen atoms in total. The molecule has 0 N–H and O–H groups in total. The zero-order chi connectivity index (χ0) is 14.7. The molecule has 0 amide bonds. The predicted octanol–water partition coefficient (Wildman–Crippen LogP) is 5.11. The quantitative estimate of drug-likeness (QED) is 0.648. The van der Waals surface area contributed by atoms with Gasteiger partial charge in [0.1, 0.15) is 0 Å². The van der Waals surface area contributed by atoms with E-state index in [4.69, 9.17) is 0 Å². The van der Waals surface area contributed by atoms with Crippen molar-refractivity contribution in [1.29, 1.82) is 0 Å². The van der Waals surface area contributed by atoms with E-state index in [2.05, 4.69) is 64.4 Å². The van der Waals surface area contributed by atoms with E-state index >= 15 is 0 Å². The van der Waals surface area contributed by atoms with Crippen molar-refractivity contribution >= 4 is 28.1 Å². The third-order valence-electron chi connectivity index (χ3n) is 3.37. The molecule has 0 spiro atoms. The van der Waals surface area contributed by atoms with Gasteiger partial charge >= 0.3 is 0 Å². The molecule has 0 fully saturated rings. The molecule has 0 saturated heterocycles. The third-order valence-corrected chi connectivity index (χ3v) is 3.90. The van der Waals surface area contributed by atoms with Gasteiger partial charge < -0.3 is 0 Å². The Bertz CT molecular complexity index is 756. The van der Waals surface area contributed by atoms with Gasteiger partial charge in [-0.3, -0.25) is 0 Å². The van der Waals surface area contributed by atoms with Crippen LogP contribution in [0.3, 0.4) is 0 Å². The maximum atomic E-state index is 4.47. The molecule has 21 heavy (non-hydrogen) atoms. The highest BCUT2D eigenvalue weighted by atomic mass is 79.9. The summed E-state index contributed by atoms with van der Waals surface area (Å²) < 4.78 is 3.05. The summed E-state index contributed by atoms with van der Waals surface area (Å²) in [4.78, 5) is 0. The molecule has 3 aromatic rings. The highest BCUT2D eigenvalue weighted by Gasteiger charge is 2.05. The van der Waals surface area contributed by atoms with Crippen molar-refractivity contribution in [2.75, 3.05) is 0 Å². The standard InChI is InChI=1S/C18H15BrN2/c1-14-16(10-7-15-8-11-17(19)12-9-15)13-20-21(14)18-5-3-2-4-6-18/h2-13H,1H3/b10-7+. The molecular formula is C18H15BrN2. The second-order valence-corrected chi connectivity index (χ2v) is 5.73. The van der Waals surface area contributed by atoms with Gasteiger partial charge in [-0.1, -0.05) is 58.4 Å². The largest absolute Gasteiger partial charge is 0.237 e. The molecule has 0 aliphatic carbocycles. The summed E-state index contributed by atoms with van der Waals surface area (Å²) >= 11 is 3.44. The first-order valence-electron chi connectivity index (χ1n) is 6.78. The first-order chi connectivity index (χ1) is 10.2. The molecule has 0 atom stereocenters. The molecular weight excluding hydrogens is 324 g/mol. The molecule has 0 bridgehead atoms. The van der Waals surface area contributed by atoms with Crippen molar-refractivity contribution in [1.82, 2.24) is 9.78 Å². The molecule has 1 heterocycles. The highest BCUT2D eigenvalue weighted by molar-refractivity contribution is 9.10. The van der Waals surface area contributed by atoms with Gasteiger partial charge in [-0.2, -0.15) is 5.10 Å². The normalized spacial score (nSPS) is 11.1. The Morgan fingerprint density at radius 1 is 0.952 bits per heavy atom. The first-order valence-corrected chi connectivity index (χ1v) is 7.57. The molecule has 1 aromatic heterocycles. The van der Waals surface area contributed by atoms with Gasteiger partial charge in [0.2, 0.25) is 0 Å². The summed E-state index contributed by atoms with van der Waals surface area (Å²) in [5, 5.41) is 4.47. The lowest BCUT2D eigenvalue weighted by atomic mass is 10.1. The summed E-state index contributed by atoms with van der Waals surface area (Å²) in [6.45, 7) is 2.08. The van der Waals surface area contributed by atoms with E-state index in [-0.39, 0.29) is 0 Å². The number of hydrogen-bond donors (Lipinski definition) is 0. The van der Waals surface area contributed by atoms with E-state index in [1.807, 2.05) is 41.2 Å². The molecule has 3 heteroatoms. The smallest absolute Gasteiger partial charge is 0.0648 e. The fraction of sp³-hybridized carbons (Fsp3) is 0.0556. The van der Waals surface area contributed by atoms with Gasteiger partial charge in [0.15, 0.2) is 0 Å². The van der Waals surface area contributed by atoms with Crippen molar-refractivity contribution < 1.29 is 0 Å². The minimum Gasteiger partial charge on any atom is -0.237 e. The summed E-state index contributed by atoms with van der Waals surface area (Å²) in [5.41, 5.74) is 4.51. The lowest BCUT2D eigenvalue weighted by Gasteiger charge is -2.03. The molecule has 104 valence electrons. The van der Waals surface area contributed by atoms with Crippen molar-refractivity contribution in [3.8, 4) is 5.69 Å². The zero-order valence-electron chi connectivity index (χ0n) is 11.7. The summed E-state index contributed by atoms with van der Waals surface area (Å²) in [6, 6.07) is 18.4. The monoisotopic (exact) mass is 338 g/mol. The fourth-order valence-electron chi connectivity index (χ4n) is 2.18. The molecule has 0 saturated carbocycles. The van der Waals surface area contributed by atoms with Crippen molar-refractivity contribution in [3.05, 3.63) is 82.1 Å². The minimum absolute atomic E-state index is 1.08. The number of benzene rings is 2. The van der Waals surface area contributed by atoms with Crippen molar-refractivity contribution in [2.24, 2.45) is 0 Å². The Labute approximate surface area is 132 Å². The second-order valence-electron chi connectivity index (χ2n) is 4.82. The second kappa shape index (κ2) is 6.10. The van der Waals surface area contributed by atoms with Gasteiger partial charge in [0, 0.05) is 15.7 Å². The van der Waals surface area contributed by atoms with E-state index in [0.29, 0.717) is 0 Å². The third kappa shape index (κ3) is 3.14. The van der Waals surface area contributed by atoms with Crippen LogP contribution in [0.1, 0.15) is 16.8 Å². The van der Waals surface area contributed by atoms with E-state index in [1.165, 1.54) is 5.56 Å². The van der Waals surface area contributed by atoms with Crippen LogP contribution in [0.4, 0.5) is 0 Å². The van der Waals surface area contributed by atoms with E-state index in [9.17, 15) is 0 Å². The average molecular weight is 339 g/mol. The van der Waals surface area contributed by atoms with Gasteiger partial charge in [-0.25, -0.2) is 4.68 Å². The number of hydrogen-bond acceptors (Lipinski definition) is 1. The van der Waals surface area contributed by atoms with Crippen LogP contribution in [0.15, 0.2) is 65.3 Å². The van der Waals surface area contributed by atoms with E-state index < -0.39 is 0 Å². The summed E-state index contributed by atoms with van der Waals surface area (Å²) in [6.07, 6.45) is 6.11. The van der Waals surface area contributed by atoms with Gasteiger partial charge in [-0.15, -0.1) is 0 Å². The maximum absolute atomic E-state index is 4.47. The minimum atomic E-state index is 1.08. The molecule has 0 radical (unpaired) electrons. The van der Waals surface area contributed by atoms with Crippen LogP contribution >= 0.6 is 15.9 Å². The Morgan fingerprint density at radius 3 is 2.38 bits per heavy atom. The van der Waals surface area contributed by atoms with Crippen LogP contribution in [0, 0.1) is 6.92 Å². The number of aromatic nitrogens is 2. The van der Waals surface area contributed by atoms with Crippen LogP contribution < -0.4 is 0 Å². The number of rotatable bonds is 3. The Kier molecular flexibility index (Phi) is 4.02. The number of halogens is 1. The number of nitrogens with zero attached hydrogens (tertiary/aromatic N) is 2. The molecule has 2 aromatic carbocycles. The van der Waals surface area contributed by atoms with Crippen LogP contribution in [0.2, 0.25) is 0 Å². The van der Waals surface area contributed by atoms with E-state index in [1.54, 1.807) is 0 Å². The molecule has 0 aliphatic rings. The summed E-state index contributed by atoms with van der Waals surface area (Å²) in [5.74, 6) is 0. The molecule has 3 rings (SSSR count). The lowest BCUT2D eigenvalue weighted by molar-refractivity contribution is 0.847. The van der Waals surface area contributed by atoms with Crippen molar-refractivity contribution in [2.45, 2.75) is 6.92 Å². The lowest BCUT2D eigenvalue weighted by Crippen LogP contribution is -1.98. The first kappa shape index (κ1) is 13.8. The number of para-hydroxylation sites is 1. The Hall–Kier alpha value is -2.13. The van der Waals surface area contributed by atoms with Gasteiger partial charge in [-0.05, 0) is 36.8 Å². The maximum Gasteiger partial charge on any atom is 0.0648 e. The topological polar surface area (TPSA) is 17.8 Å². The van der Waals surface area contributed by atoms with Crippen LogP contribution in [0.5, 0.6) is 0 Å².